The number of carboxylic acid groups (broad SMARTS) is 2. The van der Waals surface area contributed by atoms with Crippen molar-refractivity contribution in [1.82, 2.24) is 0 Å². The van der Waals surface area contributed by atoms with Gasteiger partial charge in [0.15, 0.2) is 24.8 Å². The summed E-state index contributed by atoms with van der Waals surface area (Å²) in [6.07, 6.45) is 7.06. The Balaban J connectivity index is 0.000000301. The van der Waals surface area contributed by atoms with Gasteiger partial charge < -0.3 is 19.8 Å². The van der Waals surface area contributed by atoms with Crippen LogP contribution in [0.2, 0.25) is 0 Å². The second-order valence-electron chi connectivity index (χ2n) is 4.33. The lowest BCUT2D eigenvalue weighted by Gasteiger charge is -2.00. The fraction of sp³-hybridized carbons (Fsp3) is 0.250. The third-order valence-electron chi connectivity index (χ3n) is 2.26. The quantitative estimate of drug-likeness (QED) is 0.632. The number of aromatic nitrogens is 2. The van der Waals surface area contributed by atoms with Crippen molar-refractivity contribution in [2.45, 2.75) is 12.8 Å². The van der Waals surface area contributed by atoms with Crippen molar-refractivity contribution >= 4 is 11.9 Å². The van der Waals surface area contributed by atoms with Crippen molar-refractivity contribution in [3.63, 3.8) is 0 Å². The maximum Gasteiger partial charge on any atom is 0.168 e. The van der Waals surface area contributed by atoms with Crippen molar-refractivity contribution in [1.29, 1.82) is 0 Å². The molecule has 2 heterocycles. The number of aryl methyl sites for hydroxylation is 2. The molecule has 0 aliphatic heterocycles. The number of carboxylic acids is 2. The van der Waals surface area contributed by atoms with E-state index < -0.39 is 24.8 Å². The molecule has 2 rings (SSSR count). The Hall–Kier alpha value is -2.76. The van der Waals surface area contributed by atoms with Crippen LogP contribution < -0.4 is 19.3 Å². The summed E-state index contributed by atoms with van der Waals surface area (Å²) in [6, 6.07) is 12.0. The number of hydrogen-bond donors (Lipinski definition) is 0. The molecule has 0 aliphatic rings. The largest absolute Gasteiger partial charge is 0.550 e. The molecule has 0 aromatic carbocycles. The number of hydrogen-bond acceptors (Lipinski definition) is 4. The number of aliphatic carboxylic acids is 2. The van der Waals surface area contributed by atoms with Crippen LogP contribution in [0, 0.1) is 0 Å². The predicted octanol–water partition coefficient (Wildman–Crippen LogP) is -1.71. The Morgan fingerprint density at radius 1 is 0.682 bits per heavy atom. The van der Waals surface area contributed by atoms with Gasteiger partial charge in [0.2, 0.25) is 0 Å². The Kier molecular flexibility index (Phi) is 10.5. The third kappa shape index (κ3) is 13.7. The molecule has 118 valence electrons. The van der Waals surface area contributed by atoms with Gasteiger partial charge in [0.25, 0.3) is 0 Å². The summed E-state index contributed by atoms with van der Waals surface area (Å²) >= 11 is 0. The molecule has 0 spiro atoms. The lowest BCUT2D eigenvalue weighted by Crippen LogP contribution is -2.27. The first-order chi connectivity index (χ1) is 10.4. The van der Waals surface area contributed by atoms with Gasteiger partial charge in [-0.15, -0.1) is 0 Å². The number of carbonyl (C=O) groups excluding carboxylic acids is 2. The second-order valence-corrected chi connectivity index (χ2v) is 4.33. The molecule has 22 heavy (non-hydrogen) atoms. The number of carbonyl (C=O) groups is 2. The molecule has 0 radical (unpaired) electrons. The van der Waals surface area contributed by atoms with Gasteiger partial charge in [0.1, 0.15) is 14.1 Å². The van der Waals surface area contributed by atoms with Crippen molar-refractivity contribution in [2.24, 2.45) is 14.1 Å². The van der Waals surface area contributed by atoms with Crippen LogP contribution in [-0.2, 0) is 23.7 Å². The normalized spacial score (nSPS) is 8.64. The molecule has 0 atom stereocenters. The Labute approximate surface area is 129 Å². The molecule has 6 heteroatoms. The number of rotatable bonds is 3. The van der Waals surface area contributed by atoms with Gasteiger partial charge in [-0.05, 0) is 12.8 Å². The highest BCUT2D eigenvalue weighted by Gasteiger charge is 1.85. The molecule has 0 saturated carbocycles. The summed E-state index contributed by atoms with van der Waals surface area (Å²) < 4.78 is 4.00. The summed E-state index contributed by atoms with van der Waals surface area (Å²) in [4.78, 5) is 19.0. The molecule has 0 bridgehead atoms. The van der Waals surface area contributed by atoms with Gasteiger partial charge in [-0.3, -0.25) is 0 Å². The van der Waals surface area contributed by atoms with E-state index in [-0.39, 0.29) is 0 Å². The van der Waals surface area contributed by atoms with E-state index in [1.165, 1.54) is 0 Å². The monoisotopic (exact) mass is 304 g/mol. The average molecular weight is 304 g/mol. The molecule has 0 aliphatic carbocycles. The first-order valence-electron chi connectivity index (χ1n) is 6.62. The fourth-order valence-corrected chi connectivity index (χ4v) is 1.17. The maximum absolute atomic E-state index is 9.50. The van der Waals surface area contributed by atoms with E-state index in [4.69, 9.17) is 0 Å². The van der Waals surface area contributed by atoms with E-state index in [0.717, 1.165) is 0 Å². The van der Waals surface area contributed by atoms with E-state index in [9.17, 15) is 19.8 Å². The van der Waals surface area contributed by atoms with Crippen LogP contribution in [-0.4, -0.2) is 11.9 Å². The summed E-state index contributed by atoms with van der Waals surface area (Å²) in [5.41, 5.74) is 0. The standard InChI is InChI=1S/2C6H8N.C4H6O4/c2*1-7-5-3-2-4-6-7;5-3(6)1-2-4(7)8/h2*2-6H,1H3;1-2H2,(H,5,6)(H,7,8)/q2*+1;/p-2. The van der Waals surface area contributed by atoms with E-state index in [0.29, 0.717) is 0 Å². The number of pyridine rings is 2. The van der Waals surface area contributed by atoms with Crippen LogP contribution in [0.25, 0.3) is 0 Å². The minimum absolute atomic E-state index is 0.470. The first kappa shape index (κ1) is 19.2. The summed E-state index contributed by atoms with van der Waals surface area (Å²) in [5, 5.41) is 19.0. The zero-order chi connectivity index (χ0) is 16.8. The van der Waals surface area contributed by atoms with E-state index >= 15 is 0 Å². The highest BCUT2D eigenvalue weighted by molar-refractivity contribution is 5.72. The van der Waals surface area contributed by atoms with Crippen molar-refractivity contribution in [3.8, 4) is 0 Å². The fourth-order valence-electron chi connectivity index (χ4n) is 1.17. The Morgan fingerprint density at radius 3 is 1.09 bits per heavy atom. The van der Waals surface area contributed by atoms with Crippen LogP contribution in [0.15, 0.2) is 61.2 Å². The lowest BCUT2D eigenvalue weighted by molar-refractivity contribution is -0.671. The van der Waals surface area contributed by atoms with Crippen LogP contribution in [0.3, 0.4) is 0 Å². The summed E-state index contributed by atoms with van der Waals surface area (Å²) in [5.74, 6) is -2.73. The molecular weight excluding hydrogens is 284 g/mol. The molecule has 2 aromatic heterocycles. The highest BCUT2D eigenvalue weighted by Crippen LogP contribution is 1.81. The van der Waals surface area contributed by atoms with Crippen LogP contribution in [0.5, 0.6) is 0 Å². The predicted molar refractivity (Wildman–Crippen MR) is 74.5 cm³/mol. The van der Waals surface area contributed by atoms with Crippen LogP contribution in [0.4, 0.5) is 0 Å². The SMILES string of the molecule is C[n+]1ccccc1.C[n+]1ccccc1.O=C([O-])CCC(=O)[O-]. The Morgan fingerprint density at radius 2 is 0.955 bits per heavy atom. The zero-order valence-electron chi connectivity index (χ0n) is 12.7. The van der Waals surface area contributed by atoms with Gasteiger partial charge in [0, 0.05) is 36.2 Å². The van der Waals surface area contributed by atoms with Gasteiger partial charge in [-0.2, -0.15) is 0 Å². The highest BCUT2D eigenvalue weighted by atomic mass is 16.4. The minimum Gasteiger partial charge on any atom is -0.550 e. The molecule has 0 amide bonds. The molecule has 0 fully saturated rings. The van der Waals surface area contributed by atoms with Crippen molar-refractivity contribution < 1.29 is 28.9 Å². The molecular formula is C16H20N2O4. The topological polar surface area (TPSA) is 88.0 Å². The molecule has 0 N–H and O–H groups in total. The van der Waals surface area contributed by atoms with Crippen molar-refractivity contribution in [2.75, 3.05) is 0 Å². The summed E-state index contributed by atoms with van der Waals surface area (Å²) in [6.45, 7) is 0. The van der Waals surface area contributed by atoms with E-state index in [1.807, 2.05) is 84.4 Å². The van der Waals surface area contributed by atoms with Crippen LogP contribution in [0.1, 0.15) is 12.8 Å². The summed E-state index contributed by atoms with van der Waals surface area (Å²) in [7, 11) is 4.00. The number of nitrogens with zero attached hydrogens (tertiary/aromatic N) is 2. The van der Waals surface area contributed by atoms with Crippen LogP contribution >= 0.6 is 0 Å². The van der Waals surface area contributed by atoms with Gasteiger partial charge >= 0.3 is 0 Å². The lowest BCUT2D eigenvalue weighted by atomic mass is 10.3. The van der Waals surface area contributed by atoms with Gasteiger partial charge in [0.05, 0.1) is 0 Å². The minimum atomic E-state index is -1.37. The Bertz CT molecular complexity index is 493. The van der Waals surface area contributed by atoms with Gasteiger partial charge in [-0.1, -0.05) is 12.1 Å². The van der Waals surface area contributed by atoms with E-state index in [2.05, 4.69) is 0 Å². The van der Waals surface area contributed by atoms with Gasteiger partial charge in [-0.25, -0.2) is 9.13 Å². The second kappa shape index (κ2) is 12.0. The van der Waals surface area contributed by atoms with Crippen molar-refractivity contribution in [3.05, 3.63) is 61.2 Å². The first-order valence-corrected chi connectivity index (χ1v) is 6.62. The van der Waals surface area contributed by atoms with E-state index in [1.54, 1.807) is 0 Å². The smallest absolute Gasteiger partial charge is 0.168 e. The molecule has 0 saturated heterocycles. The maximum atomic E-state index is 9.50. The zero-order valence-corrected chi connectivity index (χ0v) is 12.7. The average Bonchev–Trinajstić information content (AvgIpc) is 2.48. The molecule has 6 nitrogen and oxygen atoms in total. The molecule has 2 aromatic rings. The molecule has 0 unspecified atom stereocenters. The third-order valence-corrected chi connectivity index (χ3v) is 2.26.